The highest BCUT2D eigenvalue weighted by Crippen LogP contribution is 2.23. The Hall–Kier alpha value is -2.28. The van der Waals surface area contributed by atoms with E-state index in [1.165, 1.54) is 0 Å². The molecule has 0 aromatic heterocycles. The van der Waals surface area contributed by atoms with E-state index in [0.717, 1.165) is 24.2 Å². The van der Waals surface area contributed by atoms with E-state index in [4.69, 9.17) is 9.47 Å². The van der Waals surface area contributed by atoms with Crippen LogP contribution < -0.4 is 10.1 Å². The van der Waals surface area contributed by atoms with Crippen molar-refractivity contribution < 1.29 is 19.1 Å². The maximum absolute atomic E-state index is 12.5. The maximum atomic E-state index is 12.5. The SMILES string of the molecule is COc1ccc(C(CNC(=O)CC2CCN(C(=O)OC(C)(C)C)CC2)N(C)C)cc1. The van der Waals surface area contributed by atoms with E-state index in [1.807, 2.05) is 59.1 Å². The molecule has 1 aromatic carbocycles. The molecule has 0 bridgehead atoms. The van der Waals surface area contributed by atoms with Crippen molar-refractivity contribution in [2.75, 3.05) is 40.8 Å². The average molecular weight is 420 g/mol. The average Bonchev–Trinajstić information content (AvgIpc) is 2.67. The van der Waals surface area contributed by atoms with Crippen LogP contribution in [0.15, 0.2) is 24.3 Å². The van der Waals surface area contributed by atoms with Crippen molar-refractivity contribution in [1.82, 2.24) is 15.1 Å². The van der Waals surface area contributed by atoms with Gasteiger partial charge in [0.1, 0.15) is 11.4 Å². The number of piperidine rings is 1. The first-order chi connectivity index (χ1) is 14.1. The minimum absolute atomic E-state index is 0.0612. The summed E-state index contributed by atoms with van der Waals surface area (Å²) in [4.78, 5) is 28.5. The Morgan fingerprint density at radius 3 is 2.27 bits per heavy atom. The third kappa shape index (κ3) is 7.52. The summed E-state index contributed by atoms with van der Waals surface area (Å²) >= 11 is 0. The van der Waals surface area contributed by atoms with Crippen molar-refractivity contribution in [2.45, 2.75) is 51.7 Å². The number of nitrogens with zero attached hydrogens (tertiary/aromatic N) is 2. The summed E-state index contributed by atoms with van der Waals surface area (Å²) in [5, 5.41) is 3.09. The van der Waals surface area contributed by atoms with Crippen LogP contribution >= 0.6 is 0 Å². The van der Waals surface area contributed by atoms with Gasteiger partial charge in [0.2, 0.25) is 5.91 Å². The predicted octanol–water partition coefficient (Wildman–Crippen LogP) is 3.45. The molecular weight excluding hydrogens is 382 g/mol. The lowest BCUT2D eigenvalue weighted by atomic mass is 9.93. The molecule has 1 unspecified atom stereocenters. The molecule has 1 aliphatic heterocycles. The second-order valence-electron chi connectivity index (χ2n) is 9.17. The number of carbonyl (C=O) groups excluding carboxylic acids is 2. The molecule has 0 aliphatic carbocycles. The molecule has 1 saturated heterocycles. The van der Waals surface area contributed by atoms with E-state index in [9.17, 15) is 9.59 Å². The topological polar surface area (TPSA) is 71.1 Å². The van der Waals surface area contributed by atoms with Gasteiger partial charge in [-0.2, -0.15) is 0 Å². The fraction of sp³-hybridized carbons (Fsp3) is 0.652. The number of methoxy groups -OCH3 is 1. The molecule has 1 aromatic rings. The summed E-state index contributed by atoms with van der Waals surface area (Å²) in [6, 6.07) is 8.02. The van der Waals surface area contributed by atoms with E-state index in [-0.39, 0.29) is 18.0 Å². The number of likely N-dealkylation sites (tertiary alicyclic amines) is 1. The second-order valence-corrected chi connectivity index (χ2v) is 9.17. The largest absolute Gasteiger partial charge is 0.497 e. The Bertz CT molecular complexity index is 689. The van der Waals surface area contributed by atoms with Gasteiger partial charge in [0.05, 0.1) is 13.2 Å². The standard InChI is InChI=1S/C23H37N3O4/c1-23(2,3)30-22(28)26-13-11-17(12-14-26)15-21(27)24-16-20(25(4)5)18-7-9-19(29-6)10-8-18/h7-10,17,20H,11-16H2,1-6H3,(H,24,27). The minimum atomic E-state index is -0.485. The highest BCUT2D eigenvalue weighted by atomic mass is 16.6. The number of carbonyl (C=O) groups is 2. The summed E-state index contributed by atoms with van der Waals surface area (Å²) in [6.45, 7) is 7.44. The molecular formula is C23H37N3O4. The van der Waals surface area contributed by atoms with Crippen LogP contribution in [-0.4, -0.2) is 68.2 Å². The Morgan fingerprint density at radius 2 is 1.77 bits per heavy atom. The van der Waals surface area contributed by atoms with Gasteiger partial charge >= 0.3 is 6.09 Å². The zero-order valence-corrected chi connectivity index (χ0v) is 19.2. The Balaban J connectivity index is 1.79. The third-order valence-electron chi connectivity index (χ3n) is 5.36. The summed E-state index contributed by atoms with van der Waals surface area (Å²) in [6.07, 6.45) is 1.87. The van der Waals surface area contributed by atoms with E-state index in [2.05, 4.69) is 10.2 Å². The quantitative estimate of drug-likeness (QED) is 0.733. The van der Waals surface area contributed by atoms with Crippen molar-refractivity contribution in [3.63, 3.8) is 0 Å². The molecule has 0 radical (unpaired) electrons. The van der Waals surface area contributed by atoms with Gasteiger partial charge in [-0.25, -0.2) is 4.79 Å². The summed E-state index contributed by atoms with van der Waals surface area (Å²) in [5.74, 6) is 1.17. The van der Waals surface area contributed by atoms with Gasteiger partial charge in [-0.05, 0) is 71.3 Å². The molecule has 1 heterocycles. The van der Waals surface area contributed by atoms with Crippen LogP contribution in [0.3, 0.4) is 0 Å². The van der Waals surface area contributed by atoms with Crippen molar-refractivity contribution in [3.05, 3.63) is 29.8 Å². The lowest BCUT2D eigenvalue weighted by molar-refractivity contribution is -0.122. The fourth-order valence-corrected chi connectivity index (χ4v) is 3.62. The van der Waals surface area contributed by atoms with Crippen molar-refractivity contribution in [1.29, 1.82) is 0 Å². The minimum Gasteiger partial charge on any atom is -0.497 e. The number of hydrogen-bond acceptors (Lipinski definition) is 5. The fourth-order valence-electron chi connectivity index (χ4n) is 3.62. The molecule has 30 heavy (non-hydrogen) atoms. The monoisotopic (exact) mass is 419 g/mol. The molecule has 1 aliphatic rings. The molecule has 1 N–H and O–H groups in total. The summed E-state index contributed by atoms with van der Waals surface area (Å²) in [7, 11) is 5.66. The summed E-state index contributed by atoms with van der Waals surface area (Å²) in [5.41, 5.74) is 0.646. The van der Waals surface area contributed by atoms with Crippen LogP contribution in [0.25, 0.3) is 0 Å². The number of nitrogens with one attached hydrogen (secondary N) is 1. The van der Waals surface area contributed by atoms with E-state index in [0.29, 0.717) is 32.0 Å². The Morgan fingerprint density at radius 1 is 1.17 bits per heavy atom. The first-order valence-electron chi connectivity index (χ1n) is 10.6. The van der Waals surface area contributed by atoms with Crippen molar-refractivity contribution in [2.24, 2.45) is 5.92 Å². The van der Waals surface area contributed by atoms with Gasteiger partial charge in [-0.1, -0.05) is 12.1 Å². The van der Waals surface area contributed by atoms with Crippen LogP contribution in [0.4, 0.5) is 4.79 Å². The predicted molar refractivity (Wildman–Crippen MR) is 118 cm³/mol. The molecule has 1 fully saturated rings. The second kappa shape index (κ2) is 10.7. The van der Waals surface area contributed by atoms with Gasteiger partial charge in [0.25, 0.3) is 0 Å². The summed E-state index contributed by atoms with van der Waals surface area (Å²) < 4.78 is 10.7. The van der Waals surface area contributed by atoms with Gasteiger partial charge < -0.3 is 24.6 Å². The zero-order valence-electron chi connectivity index (χ0n) is 19.2. The van der Waals surface area contributed by atoms with Crippen molar-refractivity contribution >= 4 is 12.0 Å². The highest BCUT2D eigenvalue weighted by molar-refractivity contribution is 5.76. The lowest BCUT2D eigenvalue weighted by Crippen LogP contribution is -2.42. The van der Waals surface area contributed by atoms with Crippen LogP contribution in [0.5, 0.6) is 5.75 Å². The number of amides is 2. The van der Waals surface area contributed by atoms with Crippen LogP contribution in [0.2, 0.25) is 0 Å². The number of hydrogen-bond donors (Lipinski definition) is 1. The Labute approximate surface area is 180 Å². The third-order valence-corrected chi connectivity index (χ3v) is 5.36. The first-order valence-corrected chi connectivity index (χ1v) is 10.6. The first kappa shape index (κ1) is 24.0. The smallest absolute Gasteiger partial charge is 0.410 e. The van der Waals surface area contributed by atoms with Crippen molar-refractivity contribution in [3.8, 4) is 5.75 Å². The molecule has 0 saturated carbocycles. The molecule has 2 rings (SSSR count). The Kier molecular flexibility index (Phi) is 8.53. The van der Waals surface area contributed by atoms with Gasteiger partial charge in [-0.3, -0.25) is 4.79 Å². The van der Waals surface area contributed by atoms with Crippen LogP contribution in [-0.2, 0) is 9.53 Å². The number of benzene rings is 1. The van der Waals surface area contributed by atoms with Gasteiger partial charge in [0.15, 0.2) is 0 Å². The molecule has 7 heteroatoms. The van der Waals surface area contributed by atoms with Gasteiger partial charge in [-0.15, -0.1) is 0 Å². The van der Waals surface area contributed by atoms with Gasteiger partial charge in [0, 0.05) is 26.1 Å². The number of ether oxygens (including phenoxy) is 2. The lowest BCUT2D eigenvalue weighted by Gasteiger charge is -2.33. The van der Waals surface area contributed by atoms with Crippen LogP contribution in [0.1, 0.15) is 51.6 Å². The molecule has 1 atom stereocenters. The van der Waals surface area contributed by atoms with Crippen LogP contribution in [0, 0.1) is 5.92 Å². The van der Waals surface area contributed by atoms with E-state index >= 15 is 0 Å². The van der Waals surface area contributed by atoms with E-state index < -0.39 is 5.60 Å². The normalized spacial score (nSPS) is 16.3. The molecule has 168 valence electrons. The molecule has 7 nitrogen and oxygen atoms in total. The molecule has 2 amide bonds. The zero-order chi connectivity index (χ0) is 22.3. The highest BCUT2D eigenvalue weighted by Gasteiger charge is 2.28. The number of rotatable bonds is 7. The van der Waals surface area contributed by atoms with E-state index in [1.54, 1.807) is 12.0 Å². The maximum Gasteiger partial charge on any atom is 0.410 e. The molecule has 0 spiro atoms. The number of likely N-dealkylation sites (N-methyl/N-ethyl adjacent to an activating group) is 1.